The second-order valence-corrected chi connectivity index (χ2v) is 10.3. The van der Waals surface area contributed by atoms with Gasteiger partial charge in [0.15, 0.2) is 0 Å². The van der Waals surface area contributed by atoms with Gasteiger partial charge in [-0.15, -0.1) is 0 Å². The monoisotopic (exact) mass is 459 g/mol. The number of carbonyl (C=O) groups is 1. The average molecular weight is 460 g/mol. The molecule has 33 heavy (non-hydrogen) atoms. The van der Waals surface area contributed by atoms with Crippen LogP contribution in [0.3, 0.4) is 0 Å². The number of nitrogens with one attached hydrogen (secondary N) is 1. The smallest absolute Gasteiger partial charge is 0.243 e. The fraction of sp³-hybridized carbons (Fsp3) is 0.774. The Morgan fingerprint density at radius 2 is 1.06 bits per heavy atom. The summed E-state index contributed by atoms with van der Waals surface area (Å²) in [7, 11) is 0. The molecule has 0 aromatic rings. The molecule has 0 aliphatic carbocycles. The average Bonchev–Trinajstić information content (AvgIpc) is 2.76. The lowest BCUT2D eigenvalue weighted by Gasteiger charge is -2.05. The quantitative estimate of drug-likeness (QED) is 0.0973. The van der Waals surface area contributed by atoms with Crippen molar-refractivity contribution in [3.05, 3.63) is 34.9 Å². The second-order valence-electron chi connectivity index (χ2n) is 10.3. The third-order valence-electron chi connectivity index (χ3n) is 6.33. The van der Waals surface area contributed by atoms with Gasteiger partial charge in [-0.05, 0) is 59.8 Å². The molecule has 2 nitrogen and oxygen atoms in total. The Bertz CT molecular complexity index is 551. The SMILES string of the molecule is CCCCCCCCCCCCCCCCNC(=O)/C=C(\C)CC/C=C(\C)CCC=C(C)C. The first kappa shape index (κ1) is 31.7. The van der Waals surface area contributed by atoms with Crippen molar-refractivity contribution in [2.45, 2.75) is 150 Å². The molecule has 0 heterocycles. The molecule has 0 saturated carbocycles. The summed E-state index contributed by atoms with van der Waals surface area (Å²) < 4.78 is 0. The molecule has 0 aromatic carbocycles. The predicted octanol–water partition coefficient (Wildman–Crippen LogP) is 10.0. The molecule has 0 radical (unpaired) electrons. The van der Waals surface area contributed by atoms with Gasteiger partial charge in [-0.25, -0.2) is 0 Å². The van der Waals surface area contributed by atoms with Gasteiger partial charge in [0.05, 0.1) is 0 Å². The molecule has 1 N–H and O–H groups in total. The minimum atomic E-state index is 0.0754. The van der Waals surface area contributed by atoms with Crippen LogP contribution in [0, 0.1) is 0 Å². The predicted molar refractivity (Wildman–Crippen MR) is 149 cm³/mol. The van der Waals surface area contributed by atoms with E-state index >= 15 is 0 Å². The van der Waals surface area contributed by atoms with E-state index in [2.05, 4.69) is 52.1 Å². The van der Waals surface area contributed by atoms with E-state index in [9.17, 15) is 4.79 Å². The van der Waals surface area contributed by atoms with Gasteiger partial charge in [0.25, 0.3) is 0 Å². The summed E-state index contributed by atoms with van der Waals surface area (Å²) in [6, 6.07) is 0. The molecule has 0 rings (SSSR count). The summed E-state index contributed by atoms with van der Waals surface area (Å²) in [5.74, 6) is 0.0754. The van der Waals surface area contributed by atoms with Crippen molar-refractivity contribution in [1.82, 2.24) is 5.32 Å². The van der Waals surface area contributed by atoms with Crippen molar-refractivity contribution in [1.29, 1.82) is 0 Å². The molecule has 0 spiro atoms. The lowest BCUT2D eigenvalue weighted by Crippen LogP contribution is -2.22. The van der Waals surface area contributed by atoms with Crippen LogP contribution < -0.4 is 5.32 Å². The minimum absolute atomic E-state index is 0.0754. The van der Waals surface area contributed by atoms with Gasteiger partial charge < -0.3 is 5.32 Å². The molecule has 0 atom stereocenters. The number of amides is 1. The Labute approximate surface area is 207 Å². The van der Waals surface area contributed by atoms with Crippen LogP contribution in [-0.4, -0.2) is 12.5 Å². The molecule has 0 aliphatic rings. The molecule has 192 valence electrons. The summed E-state index contributed by atoms with van der Waals surface area (Å²) in [4.78, 5) is 12.1. The van der Waals surface area contributed by atoms with Crippen LogP contribution in [0.2, 0.25) is 0 Å². The Morgan fingerprint density at radius 1 is 0.606 bits per heavy atom. The zero-order valence-corrected chi connectivity index (χ0v) is 23.1. The molecular weight excluding hydrogens is 402 g/mol. The summed E-state index contributed by atoms with van der Waals surface area (Å²) in [6.45, 7) is 11.7. The Kier molecular flexibility index (Phi) is 22.9. The number of carbonyl (C=O) groups excluding carboxylic acids is 1. The molecule has 0 unspecified atom stereocenters. The second kappa shape index (κ2) is 23.8. The van der Waals surface area contributed by atoms with Crippen molar-refractivity contribution >= 4 is 5.91 Å². The van der Waals surface area contributed by atoms with Crippen LogP contribution >= 0.6 is 0 Å². The zero-order valence-electron chi connectivity index (χ0n) is 23.1. The highest BCUT2D eigenvalue weighted by atomic mass is 16.1. The summed E-state index contributed by atoms with van der Waals surface area (Å²) in [5.41, 5.74) is 4.01. The minimum Gasteiger partial charge on any atom is -0.353 e. The first-order valence-corrected chi connectivity index (χ1v) is 14.2. The van der Waals surface area contributed by atoms with Crippen molar-refractivity contribution < 1.29 is 4.79 Å². The van der Waals surface area contributed by atoms with E-state index in [1.165, 1.54) is 100 Å². The van der Waals surface area contributed by atoms with Gasteiger partial charge in [0.1, 0.15) is 0 Å². The Morgan fingerprint density at radius 3 is 1.58 bits per heavy atom. The van der Waals surface area contributed by atoms with E-state index < -0.39 is 0 Å². The summed E-state index contributed by atoms with van der Waals surface area (Å²) >= 11 is 0. The van der Waals surface area contributed by atoms with Gasteiger partial charge in [0.2, 0.25) is 5.91 Å². The maximum atomic E-state index is 12.1. The normalized spacial score (nSPS) is 12.2. The molecule has 0 aromatic heterocycles. The lowest BCUT2D eigenvalue weighted by atomic mass is 10.0. The standard InChI is InChI=1S/C31H57NO/c1-6-7-8-9-10-11-12-13-14-15-16-17-18-19-26-32-31(33)27-30(5)25-21-24-29(4)23-20-22-28(2)3/h22,24,27H,6-21,23,25-26H2,1-5H3,(H,32,33)/b29-24+,30-27+. The molecule has 0 bridgehead atoms. The highest BCUT2D eigenvalue weighted by Gasteiger charge is 1.99. The topological polar surface area (TPSA) is 29.1 Å². The summed E-state index contributed by atoms with van der Waals surface area (Å²) in [5, 5.41) is 3.06. The van der Waals surface area contributed by atoms with E-state index in [4.69, 9.17) is 0 Å². The van der Waals surface area contributed by atoms with Crippen molar-refractivity contribution in [3.63, 3.8) is 0 Å². The Hall–Kier alpha value is -1.31. The van der Waals surface area contributed by atoms with E-state index in [-0.39, 0.29) is 5.91 Å². The fourth-order valence-corrected chi connectivity index (χ4v) is 4.11. The third kappa shape index (κ3) is 25.2. The lowest BCUT2D eigenvalue weighted by molar-refractivity contribution is -0.116. The van der Waals surface area contributed by atoms with Crippen LogP contribution in [-0.2, 0) is 4.79 Å². The van der Waals surface area contributed by atoms with Crippen LogP contribution in [0.5, 0.6) is 0 Å². The largest absolute Gasteiger partial charge is 0.353 e. The first-order chi connectivity index (χ1) is 16.0. The highest BCUT2D eigenvalue weighted by Crippen LogP contribution is 2.13. The van der Waals surface area contributed by atoms with E-state index in [0.29, 0.717) is 0 Å². The van der Waals surface area contributed by atoms with Crippen LogP contribution in [0.1, 0.15) is 150 Å². The van der Waals surface area contributed by atoms with E-state index in [1.54, 1.807) is 6.08 Å². The van der Waals surface area contributed by atoms with Crippen LogP contribution in [0.25, 0.3) is 0 Å². The third-order valence-corrected chi connectivity index (χ3v) is 6.33. The zero-order chi connectivity index (χ0) is 24.6. The van der Waals surface area contributed by atoms with Gasteiger partial charge >= 0.3 is 0 Å². The highest BCUT2D eigenvalue weighted by molar-refractivity contribution is 5.88. The number of unbranched alkanes of at least 4 members (excludes halogenated alkanes) is 13. The van der Waals surface area contributed by atoms with Crippen molar-refractivity contribution in [2.24, 2.45) is 0 Å². The summed E-state index contributed by atoms with van der Waals surface area (Å²) in [6.07, 6.45) is 29.8. The maximum Gasteiger partial charge on any atom is 0.243 e. The fourth-order valence-electron chi connectivity index (χ4n) is 4.11. The number of rotatable bonds is 22. The number of hydrogen-bond donors (Lipinski definition) is 1. The Balaban J connectivity index is 3.56. The maximum absolute atomic E-state index is 12.1. The van der Waals surface area contributed by atoms with E-state index in [0.717, 1.165) is 38.6 Å². The molecule has 0 aliphatic heterocycles. The van der Waals surface area contributed by atoms with Gasteiger partial charge in [0, 0.05) is 12.6 Å². The molecule has 2 heteroatoms. The van der Waals surface area contributed by atoms with Crippen LogP contribution in [0.4, 0.5) is 0 Å². The molecular formula is C31H57NO. The van der Waals surface area contributed by atoms with Crippen molar-refractivity contribution in [3.8, 4) is 0 Å². The first-order valence-electron chi connectivity index (χ1n) is 14.2. The molecule has 0 fully saturated rings. The van der Waals surface area contributed by atoms with Crippen molar-refractivity contribution in [2.75, 3.05) is 6.54 Å². The van der Waals surface area contributed by atoms with Gasteiger partial charge in [-0.3, -0.25) is 4.79 Å². The number of allylic oxidation sites excluding steroid dienone is 5. The molecule has 0 saturated heterocycles. The van der Waals surface area contributed by atoms with Crippen LogP contribution in [0.15, 0.2) is 34.9 Å². The van der Waals surface area contributed by atoms with Gasteiger partial charge in [-0.1, -0.05) is 119 Å². The van der Waals surface area contributed by atoms with E-state index in [1.807, 2.05) is 0 Å². The number of hydrogen-bond acceptors (Lipinski definition) is 1. The molecule has 1 amide bonds. The van der Waals surface area contributed by atoms with Gasteiger partial charge in [-0.2, -0.15) is 0 Å².